The number of likely N-dealkylation sites (N-methyl/N-ethyl adjacent to an activating group) is 2. The molecule has 0 fully saturated rings. The molecule has 140 valence electrons. The van der Waals surface area contributed by atoms with Crippen LogP contribution in [-0.2, 0) is 19.2 Å². The second-order valence-corrected chi connectivity index (χ2v) is 6.25. The number of nitrogens with zero attached hydrogens (tertiary/aromatic N) is 2. The van der Waals surface area contributed by atoms with Crippen LogP contribution in [0.4, 0.5) is 0 Å². The number of thiol groups is 1. The van der Waals surface area contributed by atoms with E-state index in [4.69, 9.17) is 0 Å². The average molecular weight is 361 g/mol. The highest BCUT2D eigenvalue weighted by atomic mass is 32.1. The zero-order valence-electron chi connectivity index (χ0n) is 16.0. The van der Waals surface area contributed by atoms with E-state index < -0.39 is 0 Å². The van der Waals surface area contributed by atoms with Crippen LogP contribution in [0.5, 0.6) is 0 Å². The van der Waals surface area contributed by atoms with Gasteiger partial charge in [0.2, 0.25) is 11.8 Å². The van der Waals surface area contributed by atoms with Gasteiger partial charge in [0.25, 0.3) is 0 Å². The van der Waals surface area contributed by atoms with E-state index in [1.54, 1.807) is 27.9 Å². The summed E-state index contributed by atoms with van der Waals surface area (Å²) >= 11 is 3.94. The lowest BCUT2D eigenvalue weighted by atomic mass is 10.2. The maximum absolute atomic E-state index is 11.3. The van der Waals surface area contributed by atoms with Gasteiger partial charge in [0, 0.05) is 26.9 Å². The molecule has 0 spiro atoms. The highest BCUT2D eigenvalue weighted by molar-refractivity contribution is 7.80. The van der Waals surface area contributed by atoms with E-state index in [1.165, 1.54) is 23.6 Å². The Balaban J connectivity index is 0. The summed E-state index contributed by atoms with van der Waals surface area (Å²) in [5, 5.41) is 0. The summed E-state index contributed by atoms with van der Waals surface area (Å²) < 4.78 is 0. The summed E-state index contributed by atoms with van der Waals surface area (Å²) in [7, 11) is 3.31. The number of ketones is 2. The van der Waals surface area contributed by atoms with Crippen LogP contribution in [0.1, 0.15) is 53.9 Å². The van der Waals surface area contributed by atoms with E-state index >= 15 is 0 Å². The lowest BCUT2D eigenvalue weighted by Crippen LogP contribution is -2.39. The van der Waals surface area contributed by atoms with Crippen molar-refractivity contribution < 1.29 is 19.2 Å². The van der Waals surface area contributed by atoms with Crippen LogP contribution in [0.2, 0.25) is 0 Å². The maximum Gasteiger partial charge on any atom is 0.223 e. The number of carbonyl (C=O) groups excluding carboxylic acids is 4. The molecule has 0 radical (unpaired) electrons. The minimum atomic E-state index is -0.322. The van der Waals surface area contributed by atoms with Gasteiger partial charge in [0.1, 0.15) is 0 Å². The monoisotopic (exact) mass is 360 g/mol. The molecule has 0 N–H and O–H groups in total. The van der Waals surface area contributed by atoms with Gasteiger partial charge >= 0.3 is 0 Å². The molecule has 0 aliphatic heterocycles. The molecule has 0 saturated carbocycles. The number of Topliss-reactive ketones (excluding diaryl/α,β-unsaturated/α-hetero) is 2. The van der Waals surface area contributed by atoms with Gasteiger partial charge in [-0.2, -0.15) is 12.6 Å². The predicted octanol–water partition coefficient (Wildman–Crippen LogP) is 1.96. The molecule has 0 aliphatic rings. The van der Waals surface area contributed by atoms with Crippen molar-refractivity contribution in [3.05, 3.63) is 0 Å². The lowest BCUT2D eigenvalue weighted by Gasteiger charge is -2.22. The molecule has 0 aliphatic carbocycles. The first kappa shape index (κ1) is 24.9. The van der Waals surface area contributed by atoms with Crippen LogP contribution in [0.3, 0.4) is 0 Å². The zero-order valence-corrected chi connectivity index (χ0v) is 16.9. The van der Waals surface area contributed by atoms with E-state index in [-0.39, 0.29) is 35.5 Å². The van der Waals surface area contributed by atoms with E-state index in [0.717, 1.165) is 6.42 Å². The molecule has 0 bridgehead atoms. The van der Waals surface area contributed by atoms with Crippen molar-refractivity contribution in [2.45, 2.75) is 66.0 Å². The van der Waals surface area contributed by atoms with Gasteiger partial charge in [0.05, 0.1) is 12.1 Å². The summed E-state index contributed by atoms with van der Waals surface area (Å²) in [6, 6.07) is -0.610. The molecule has 0 rings (SSSR count). The molecular weight excluding hydrogens is 328 g/mol. The molecule has 0 aromatic heterocycles. The Morgan fingerprint density at radius 3 is 1.42 bits per heavy atom. The van der Waals surface area contributed by atoms with Crippen molar-refractivity contribution in [3.63, 3.8) is 0 Å². The van der Waals surface area contributed by atoms with Gasteiger partial charge < -0.3 is 9.80 Å². The molecule has 0 saturated heterocycles. The molecule has 0 heterocycles. The average Bonchev–Trinajstić information content (AvgIpc) is 2.52. The van der Waals surface area contributed by atoms with Crippen LogP contribution < -0.4 is 0 Å². The third-order valence-corrected chi connectivity index (χ3v) is 4.14. The van der Waals surface area contributed by atoms with Crippen molar-refractivity contribution >= 4 is 36.0 Å². The zero-order chi connectivity index (χ0) is 19.4. The molecule has 0 aromatic carbocycles. The number of hydrogen-bond acceptors (Lipinski definition) is 5. The first-order valence-corrected chi connectivity index (χ1v) is 8.77. The summed E-state index contributed by atoms with van der Waals surface area (Å²) in [6.07, 6.45) is 1.74. The highest BCUT2D eigenvalue weighted by Crippen LogP contribution is 2.02. The Morgan fingerprint density at radius 2 is 1.17 bits per heavy atom. The van der Waals surface area contributed by atoms with Gasteiger partial charge in [0.15, 0.2) is 11.6 Å². The Bertz CT molecular complexity index is 400. The van der Waals surface area contributed by atoms with Crippen molar-refractivity contribution in [2.24, 2.45) is 0 Å². The Kier molecular flexibility index (Phi) is 13.5. The third kappa shape index (κ3) is 9.70. The smallest absolute Gasteiger partial charge is 0.223 e. The number of hydrogen-bond donors (Lipinski definition) is 1. The largest absolute Gasteiger partial charge is 0.336 e. The predicted molar refractivity (Wildman–Crippen MR) is 99.2 cm³/mol. The van der Waals surface area contributed by atoms with Crippen molar-refractivity contribution in [1.29, 1.82) is 0 Å². The van der Waals surface area contributed by atoms with Crippen LogP contribution in [0.25, 0.3) is 0 Å². The van der Waals surface area contributed by atoms with Gasteiger partial charge in [-0.1, -0.05) is 6.92 Å². The van der Waals surface area contributed by atoms with E-state index in [2.05, 4.69) is 12.6 Å². The standard InChI is InChI=1S/C9H17NO2.C8H15NO2S/c1-5-6-9(12)10(4)7(2)8(3)11;1-6(7(2)10)9(3)8(11)4-5-12/h7H,5-6H2,1-4H3;6,12H,4-5H2,1-3H3. The highest BCUT2D eigenvalue weighted by Gasteiger charge is 2.18. The minimum absolute atomic E-state index is 0.00464. The summed E-state index contributed by atoms with van der Waals surface area (Å²) in [5.74, 6) is 0.563. The Morgan fingerprint density at radius 1 is 0.833 bits per heavy atom. The third-order valence-electron chi connectivity index (χ3n) is 3.91. The normalized spacial score (nSPS) is 12.3. The molecular formula is C17H32N2O4S. The number of amides is 2. The van der Waals surface area contributed by atoms with Crippen LogP contribution >= 0.6 is 12.6 Å². The molecule has 2 unspecified atom stereocenters. The second kappa shape index (κ2) is 13.0. The molecule has 2 atom stereocenters. The quantitative estimate of drug-likeness (QED) is 0.672. The van der Waals surface area contributed by atoms with Crippen LogP contribution in [-0.4, -0.2) is 65.1 Å². The fourth-order valence-corrected chi connectivity index (χ4v) is 1.83. The Labute approximate surface area is 151 Å². The molecule has 0 aromatic rings. The first-order valence-electron chi connectivity index (χ1n) is 8.14. The molecule has 2 amide bonds. The first-order chi connectivity index (χ1) is 11.0. The van der Waals surface area contributed by atoms with Crippen molar-refractivity contribution in [2.75, 3.05) is 19.8 Å². The lowest BCUT2D eigenvalue weighted by molar-refractivity contribution is -0.136. The maximum atomic E-state index is 11.3. The SMILES string of the molecule is CC(=O)C(C)N(C)C(=O)CCS.CCCC(=O)N(C)C(C)C(C)=O. The fraction of sp³-hybridized carbons (Fsp3) is 0.765. The molecule has 6 nitrogen and oxygen atoms in total. The van der Waals surface area contributed by atoms with Crippen molar-refractivity contribution in [1.82, 2.24) is 9.80 Å². The van der Waals surface area contributed by atoms with Crippen LogP contribution in [0, 0.1) is 0 Å². The summed E-state index contributed by atoms with van der Waals surface area (Å²) in [6.45, 7) is 8.40. The fourth-order valence-electron chi connectivity index (χ4n) is 1.64. The minimum Gasteiger partial charge on any atom is -0.336 e. The van der Waals surface area contributed by atoms with Crippen molar-refractivity contribution in [3.8, 4) is 0 Å². The summed E-state index contributed by atoms with van der Waals surface area (Å²) in [5.41, 5.74) is 0. The van der Waals surface area contributed by atoms with E-state index in [0.29, 0.717) is 18.6 Å². The molecule has 7 heteroatoms. The van der Waals surface area contributed by atoms with E-state index in [9.17, 15) is 19.2 Å². The van der Waals surface area contributed by atoms with Crippen LogP contribution in [0.15, 0.2) is 0 Å². The second-order valence-electron chi connectivity index (χ2n) is 5.81. The van der Waals surface area contributed by atoms with Gasteiger partial charge in [-0.3, -0.25) is 19.2 Å². The van der Waals surface area contributed by atoms with Gasteiger partial charge in [-0.25, -0.2) is 0 Å². The Hall–Kier alpha value is -1.37. The number of rotatable bonds is 8. The molecule has 24 heavy (non-hydrogen) atoms. The summed E-state index contributed by atoms with van der Waals surface area (Å²) in [4.78, 5) is 47.2. The van der Waals surface area contributed by atoms with Gasteiger partial charge in [-0.05, 0) is 39.9 Å². The van der Waals surface area contributed by atoms with Gasteiger partial charge in [-0.15, -0.1) is 0 Å². The topological polar surface area (TPSA) is 74.8 Å². The number of carbonyl (C=O) groups is 4. The van der Waals surface area contributed by atoms with E-state index in [1.807, 2.05) is 6.92 Å².